The lowest BCUT2D eigenvalue weighted by atomic mass is 9.96. The van der Waals surface area contributed by atoms with Gasteiger partial charge in [0, 0.05) is 23.0 Å². The molecule has 1 aliphatic heterocycles. The second kappa shape index (κ2) is 8.76. The zero-order valence-corrected chi connectivity index (χ0v) is 17.6. The van der Waals surface area contributed by atoms with Crippen LogP contribution in [0.4, 0.5) is 0 Å². The van der Waals surface area contributed by atoms with Gasteiger partial charge in [-0.25, -0.2) is 4.79 Å². The summed E-state index contributed by atoms with van der Waals surface area (Å²) >= 11 is 3.50. The summed E-state index contributed by atoms with van der Waals surface area (Å²) in [5, 5.41) is 12.8. The molecule has 2 aliphatic rings. The number of benzene rings is 2. The van der Waals surface area contributed by atoms with E-state index < -0.39 is 5.97 Å². The Bertz CT molecular complexity index is 798. The van der Waals surface area contributed by atoms with Crippen LogP contribution in [0, 0.1) is 5.92 Å². The molecular weight excluding hydrogens is 416 g/mol. The molecule has 28 heavy (non-hydrogen) atoms. The van der Waals surface area contributed by atoms with Crippen molar-refractivity contribution in [1.82, 2.24) is 10.2 Å². The maximum atomic E-state index is 10.9. The number of halogens is 1. The quantitative estimate of drug-likeness (QED) is 0.662. The van der Waals surface area contributed by atoms with Gasteiger partial charge in [-0.3, -0.25) is 4.90 Å². The molecule has 4 nitrogen and oxygen atoms in total. The van der Waals surface area contributed by atoms with Crippen molar-refractivity contribution >= 4 is 21.9 Å². The highest BCUT2D eigenvalue weighted by molar-refractivity contribution is 9.10. The van der Waals surface area contributed by atoms with Gasteiger partial charge in [0.2, 0.25) is 0 Å². The predicted molar refractivity (Wildman–Crippen MR) is 115 cm³/mol. The highest BCUT2D eigenvalue weighted by atomic mass is 79.9. The van der Waals surface area contributed by atoms with Gasteiger partial charge in [-0.1, -0.05) is 40.2 Å². The molecular formula is C23H27BrN2O2. The molecule has 0 bridgehead atoms. The van der Waals surface area contributed by atoms with E-state index in [4.69, 9.17) is 5.11 Å². The molecule has 2 fully saturated rings. The number of rotatable bonds is 7. The Kier molecular flexibility index (Phi) is 6.14. The van der Waals surface area contributed by atoms with E-state index in [2.05, 4.69) is 50.4 Å². The number of nitrogens with zero attached hydrogens (tertiary/aromatic N) is 1. The lowest BCUT2D eigenvalue weighted by Crippen LogP contribution is -2.37. The van der Waals surface area contributed by atoms with Crippen LogP contribution in [-0.2, 0) is 6.54 Å². The lowest BCUT2D eigenvalue weighted by molar-refractivity contribution is 0.0697. The Labute approximate surface area is 175 Å². The molecule has 2 aromatic rings. The van der Waals surface area contributed by atoms with Crippen LogP contribution < -0.4 is 5.32 Å². The van der Waals surface area contributed by atoms with E-state index in [0.717, 1.165) is 36.6 Å². The number of hydrogen-bond acceptors (Lipinski definition) is 3. The molecule has 1 heterocycles. The fourth-order valence-corrected chi connectivity index (χ4v) is 4.44. The van der Waals surface area contributed by atoms with Gasteiger partial charge >= 0.3 is 5.97 Å². The third-order valence-electron chi connectivity index (χ3n) is 6.07. The smallest absolute Gasteiger partial charge is 0.335 e. The summed E-state index contributed by atoms with van der Waals surface area (Å²) in [6.45, 7) is 4.27. The second-order valence-corrected chi connectivity index (χ2v) is 9.05. The molecule has 1 saturated heterocycles. The zero-order chi connectivity index (χ0) is 19.5. The fourth-order valence-electron chi connectivity index (χ4n) is 4.18. The minimum absolute atomic E-state index is 0.357. The molecule has 0 aromatic heterocycles. The standard InChI is InChI=1S/C23H27BrN2O2/c24-20-7-5-18(6-8-20)21-13-22(21)25-14-16-9-11-26(12-10-16)15-17-1-3-19(4-2-17)23(27)28/h1-8,16,21-22,25H,9-15H2,(H,27,28). The van der Waals surface area contributed by atoms with Gasteiger partial charge in [0.25, 0.3) is 0 Å². The maximum absolute atomic E-state index is 10.9. The van der Waals surface area contributed by atoms with Crippen LogP contribution in [0.15, 0.2) is 53.0 Å². The van der Waals surface area contributed by atoms with Crippen LogP contribution in [0.25, 0.3) is 0 Å². The van der Waals surface area contributed by atoms with Crippen molar-refractivity contribution in [2.45, 2.75) is 37.8 Å². The van der Waals surface area contributed by atoms with Crippen molar-refractivity contribution < 1.29 is 9.90 Å². The van der Waals surface area contributed by atoms with Gasteiger partial charge in [-0.05, 0) is 80.2 Å². The Morgan fingerprint density at radius 1 is 1.07 bits per heavy atom. The van der Waals surface area contributed by atoms with Crippen molar-refractivity contribution in [3.63, 3.8) is 0 Å². The van der Waals surface area contributed by atoms with Crippen LogP contribution in [0.2, 0.25) is 0 Å². The lowest BCUT2D eigenvalue weighted by Gasteiger charge is -2.32. The summed E-state index contributed by atoms with van der Waals surface area (Å²) in [5.74, 6) is 0.580. The first-order valence-corrected chi connectivity index (χ1v) is 10.9. The van der Waals surface area contributed by atoms with E-state index in [9.17, 15) is 4.79 Å². The first-order chi connectivity index (χ1) is 13.6. The molecule has 148 valence electrons. The third-order valence-corrected chi connectivity index (χ3v) is 6.60. The summed E-state index contributed by atoms with van der Waals surface area (Å²) in [7, 11) is 0. The van der Waals surface area contributed by atoms with Crippen molar-refractivity contribution in [3.05, 3.63) is 69.7 Å². The third kappa shape index (κ3) is 5.02. The Morgan fingerprint density at radius 3 is 2.39 bits per heavy atom. The molecule has 0 radical (unpaired) electrons. The Hall–Kier alpha value is -1.69. The largest absolute Gasteiger partial charge is 0.478 e. The molecule has 2 unspecified atom stereocenters. The van der Waals surface area contributed by atoms with Crippen LogP contribution >= 0.6 is 15.9 Å². The van der Waals surface area contributed by atoms with E-state index in [0.29, 0.717) is 17.5 Å². The van der Waals surface area contributed by atoms with Crippen molar-refractivity contribution in [3.8, 4) is 0 Å². The van der Waals surface area contributed by atoms with Crippen LogP contribution in [0.1, 0.15) is 46.7 Å². The number of aromatic carboxylic acids is 1. The first-order valence-electron chi connectivity index (χ1n) is 10.1. The van der Waals surface area contributed by atoms with E-state index >= 15 is 0 Å². The van der Waals surface area contributed by atoms with Crippen LogP contribution in [0.3, 0.4) is 0 Å². The monoisotopic (exact) mass is 442 g/mol. The van der Waals surface area contributed by atoms with Gasteiger partial charge in [0.1, 0.15) is 0 Å². The van der Waals surface area contributed by atoms with Crippen molar-refractivity contribution in [2.75, 3.05) is 19.6 Å². The molecule has 0 amide bonds. The first kappa shape index (κ1) is 19.6. The normalized spacial score (nSPS) is 22.9. The molecule has 2 N–H and O–H groups in total. The van der Waals surface area contributed by atoms with Gasteiger partial charge in [0.05, 0.1) is 5.56 Å². The summed E-state index contributed by atoms with van der Waals surface area (Å²) < 4.78 is 1.14. The maximum Gasteiger partial charge on any atom is 0.335 e. The molecule has 4 rings (SSSR count). The van der Waals surface area contributed by atoms with E-state index in [-0.39, 0.29) is 0 Å². The summed E-state index contributed by atoms with van der Waals surface area (Å²) in [6, 6.07) is 16.7. The molecule has 1 aliphatic carbocycles. The summed E-state index contributed by atoms with van der Waals surface area (Å²) in [5.41, 5.74) is 3.00. The molecule has 5 heteroatoms. The van der Waals surface area contributed by atoms with Gasteiger partial charge in [0.15, 0.2) is 0 Å². The minimum Gasteiger partial charge on any atom is -0.478 e. The molecule has 2 atom stereocenters. The van der Waals surface area contributed by atoms with Gasteiger partial charge in [-0.2, -0.15) is 0 Å². The van der Waals surface area contributed by atoms with E-state index in [1.165, 1.54) is 30.4 Å². The Morgan fingerprint density at radius 2 is 1.75 bits per heavy atom. The van der Waals surface area contributed by atoms with Crippen molar-refractivity contribution in [2.24, 2.45) is 5.92 Å². The van der Waals surface area contributed by atoms with Gasteiger partial charge in [-0.15, -0.1) is 0 Å². The van der Waals surface area contributed by atoms with Crippen LogP contribution in [-0.4, -0.2) is 41.7 Å². The Balaban J connectivity index is 1.17. The number of likely N-dealkylation sites (tertiary alicyclic amines) is 1. The SMILES string of the molecule is O=C(O)c1ccc(CN2CCC(CNC3CC3c3ccc(Br)cc3)CC2)cc1. The number of carbonyl (C=O) groups is 1. The topological polar surface area (TPSA) is 52.6 Å². The zero-order valence-electron chi connectivity index (χ0n) is 16.0. The molecule has 2 aromatic carbocycles. The summed E-state index contributed by atoms with van der Waals surface area (Å²) in [6.07, 6.45) is 3.72. The average Bonchev–Trinajstić information content (AvgIpc) is 3.48. The van der Waals surface area contributed by atoms with E-state index in [1.54, 1.807) is 12.1 Å². The second-order valence-electron chi connectivity index (χ2n) is 8.13. The highest BCUT2D eigenvalue weighted by Gasteiger charge is 2.38. The molecule has 1 saturated carbocycles. The van der Waals surface area contributed by atoms with E-state index in [1.807, 2.05) is 12.1 Å². The molecule has 0 spiro atoms. The number of carboxylic acid groups (broad SMARTS) is 1. The van der Waals surface area contributed by atoms with Crippen molar-refractivity contribution in [1.29, 1.82) is 0 Å². The number of carboxylic acids is 1. The minimum atomic E-state index is -0.863. The average molecular weight is 443 g/mol. The number of hydrogen-bond donors (Lipinski definition) is 2. The highest BCUT2D eigenvalue weighted by Crippen LogP contribution is 2.41. The van der Waals surface area contributed by atoms with Crippen LogP contribution in [0.5, 0.6) is 0 Å². The van der Waals surface area contributed by atoms with Gasteiger partial charge < -0.3 is 10.4 Å². The number of piperidine rings is 1. The fraction of sp³-hybridized carbons (Fsp3) is 0.435. The summed E-state index contributed by atoms with van der Waals surface area (Å²) in [4.78, 5) is 13.4. The number of nitrogens with one attached hydrogen (secondary N) is 1. The predicted octanol–water partition coefficient (Wildman–Crippen LogP) is 4.51.